The number of nitrogens with zero attached hydrogens (tertiary/aromatic N) is 2. The van der Waals surface area contributed by atoms with Gasteiger partial charge in [0, 0.05) is 67.6 Å². The first kappa shape index (κ1) is 38.3. The molecule has 48 heavy (non-hydrogen) atoms. The van der Waals surface area contributed by atoms with E-state index in [1.807, 2.05) is 64.2 Å². The molecule has 4 heterocycles. The smallest absolute Gasteiger partial charge is 0.164 e. The van der Waals surface area contributed by atoms with E-state index in [0.29, 0.717) is 0 Å². The van der Waals surface area contributed by atoms with Crippen molar-refractivity contribution < 1.29 is 30.0 Å². The summed E-state index contributed by atoms with van der Waals surface area (Å²) in [5.74, 6) is 0.286. The van der Waals surface area contributed by atoms with E-state index in [2.05, 4.69) is 68.8 Å². The fourth-order valence-corrected chi connectivity index (χ4v) is 9.33. The Morgan fingerprint density at radius 3 is 2.19 bits per heavy atom. The van der Waals surface area contributed by atoms with Crippen LogP contribution < -0.4 is 0 Å². The number of hydrogen-bond acceptors (Lipinski definition) is 7. The van der Waals surface area contributed by atoms with Gasteiger partial charge in [-0.25, -0.2) is 4.98 Å². The van der Waals surface area contributed by atoms with Gasteiger partial charge in [0.05, 0.1) is 5.52 Å². The van der Waals surface area contributed by atoms with Crippen molar-refractivity contribution in [2.45, 2.75) is 100 Å². The first-order chi connectivity index (χ1) is 22.2. The van der Waals surface area contributed by atoms with Crippen molar-refractivity contribution in [3.63, 3.8) is 0 Å². The van der Waals surface area contributed by atoms with Gasteiger partial charge in [-0.3, -0.25) is 9.78 Å². The summed E-state index contributed by atoms with van der Waals surface area (Å²) in [6.07, 6.45) is 6.46. The van der Waals surface area contributed by atoms with Crippen LogP contribution in [0, 0.1) is 23.8 Å². The van der Waals surface area contributed by atoms with Gasteiger partial charge in [-0.15, -0.1) is 46.3 Å². The molecule has 0 saturated carbocycles. The largest absolute Gasteiger partial charge is 0.512 e. The third-order valence-electron chi connectivity index (χ3n) is 10.3. The molecule has 0 aliphatic heterocycles. The van der Waals surface area contributed by atoms with Gasteiger partial charge in [-0.2, -0.15) is 11.3 Å². The maximum absolute atomic E-state index is 12.2. The molecule has 6 aromatic rings. The zero-order chi connectivity index (χ0) is 34.3. The molecule has 1 N–H and O–H groups in total. The molecule has 0 spiro atoms. The van der Waals surface area contributed by atoms with Crippen LogP contribution >= 0.6 is 34.0 Å². The zero-order valence-electron chi connectivity index (χ0n) is 29.8. The first-order valence-corrected chi connectivity index (χ1v) is 19.2. The molecule has 0 amide bonds. The van der Waals surface area contributed by atoms with Gasteiger partial charge in [0.1, 0.15) is 12.1 Å². The molecule has 0 aliphatic carbocycles. The van der Waals surface area contributed by atoms with E-state index in [1.165, 1.54) is 47.5 Å². The second kappa shape index (κ2) is 14.8. The Labute approximate surface area is 311 Å². The second-order valence-electron chi connectivity index (χ2n) is 14.2. The quantitative estimate of drug-likeness (QED) is 0.0940. The number of carbonyl (C=O) groups excluding carboxylic acids is 1. The number of benzene rings is 2. The number of carbonyl (C=O) groups is 1. The Bertz CT molecular complexity index is 2100. The van der Waals surface area contributed by atoms with Crippen LogP contribution in [-0.4, -0.2) is 20.9 Å². The Morgan fingerprint density at radius 2 is 1.56 bits per heavy atom. The van der Waals surface area contributed by atoms with Crippen molar-refractivity contribution in [2.75, 3.05) is 0 Å². The van der Waals surface area contributed by atoms with Crippen molar-refractivity contribution in [1.82, 2.24) is 9.97 Å². The van der Waals surface area contributed by atoms with Gasteiger partial charge < -0.3 is 5.11 Å². The van der Waals surface area contributed by atoms with Crippen molar-refractivity contribution >= 4 is 80.3 Å². The Hall–Kier alpha value is -2.48. The summed E-state index contributed by atoms with van der Waals surface area (Å²) in [6, 6.07) is 12.5. The van der Waals surface area contributed by atoms with E-state index in [0.717, 1.165) is 47.2 Å². The summed E-state index contributed by atoms with van der Waals surface area (Å²) in [4.78, 5) is 21.6. The Balaban J connectivity index is 0.000000251. The minimum atomic E-state index is -0.337. The molecule has 8 heteroatoms. The average Bonchev–Trinajstić information content (AvgIpc) is 3.79. The monoisotopic (exact) mass is 876 g/mol. The summed E-state index contributed by atoms with van der Waals surface area (Å²) in [7, 11) is 0. The van der Waals surface area contributed by atoms with Gasteiger partial charge in [-0.1, -0.05) is 73.4 Å². The summed E-state index contributed by atoms with van der Waals surface area (Å²) in [5, 5.41) is 18.3. The molecular weight excluding hydrogens is 829 g/mol. The number of aliphatic hydroxyl groups is 1. The molecule has 0 atom stereocenters. The molecule has 4 aromatic heterocycles. The number of aliphatic hydroxyl groups excluding tert-OH is 1. The Kier molecular flexibility index (Phi) is 11.8. The molecule has 0 unspecified atom stereocenters. The summed E-state index contributed by atoms with van der Waals surface area (Å²) < 4.78 is 5.12. The number of aryl methyl sites for hydroxylation is 1. The molecule has 0 fully saturated rings. The number of ketones is 1. The molecule has 6 rings (SSSR count). The van der Waals surface area contributed by atoms with E-state index in [1.54, 1.807) is 17.7 Å². The predicted molar refractivity (Wildman–Crippen MR) is 206 cm³/mol. The molecule has 0 saturated heterocycles. The number of hydrogen-bond donors (Lipinski definition) is 1. The van der Waals surface area contributed by atoms with E-state index >= 15 is 0 Å². The number of aromatic nitrogens is 2. The topological polar surface area (TPSA) is 63.1 Å². The predicted octanol–water partition coefficient (Wildman–Crippen LogP) is 13.0. The second-order valence-corrected chi connectivity index (χ2v) is 17.0. The van der Waals surface area contributed by atoms with Crippen LogP contribution in [0.2, 0.25) is 0 Å². The van der Waals surface area contributed by atoms with Crippen LogP contribution in [0.4, 0.5) is 0 Å². The van der Waals surface area contributed by atoms with Crippen LogP contribution in [0.3, 0.4) is 0 Å². The molecule has 257 valence electrons. The number of rotatable bonds is 8. The Morgan fingerprint density at radius 1 is 0.896 bits per heavy atom. The van der Waals surface area contributed by atoms with Gasteiger partial charge in [0.2, 0.25) is 0 Å². The number of fused-ring (bicyclic) bond motifs is 6. The summed E-state index contributed by atoms with van der Waals surface area (Å²) in [5.41, 5.74) is 5.23. The average molecular weight is 876 g/mol. The summed E-state index contributed by atoms with van der Waals surface area (Å²) in [6.45, 7) is 21.1. The van der Waals surface area contributed by atoms with Crippen LogP contribution in [0.5, 0.6) is 0 Å². The van der Waals surface area contributed by atoms with Gasteiger partial charge >= 0.3 is 0 Å². The standard InChI is InChI=1S/C25H19N2S3.C15H28O2.Ir/c1-13-11-29-18-6-5-16-21-24(30-23(16)19(13)18)20(26-12-27-21)15-9-14-7-8-28-22(14)17(10-15)25(2,3)4;1-7-14(5,8-2)12(16)11-13(17)15(6,9-3)10-4;/h5-8,10-12H,1-4H3;11,16H,7-10H2,1-6H3;/q-1;;/b;12-11-;. The van der Waals surface area contributed by atoms with Crippen LogP contribution in [0.25, 0.3) is 51.7 Å². The van der Waals surface area contributed by atoms with Crippen molar-refractivity contribution in [1.29, 1.82) is 0 Å². The molecule has 4 nitrogen and oxygen atoms in total. The third-order valence-corrected chi connectivity index (χ3v) is 13.5. The van der Waals surface area contributed by atoms with E-state index in [9.17, 15) is 9.90 Å². The fourth-order valence-electron chi connectivity index (χ4n) is 5.87. The van der Waals surface area contributed by atoms with Gasteiger partial charge in [0.25, 0.3) is 0 Å². The fraction of sp³-hybridized carbons (Fsp3) is 0.425. The normalized spacial score (nSPS) is 12.8. The molecule has 1 radical (unpaired) electrons. The van der Waals surface area contributed by atoms with E-state index in [4.69, 9.17) is 9.97 Å². The molecule has 2 aromatic carbocycles. The summed E-state index contributed by atoms with van der Waals surface area (Å²) >= 11 is 5.42. The van der Waals surface area contributed by atoms with Gasteiger partial charge in [0.15, 0.2) is 5.78 Å². The van der Waals surface area contributed by atoms with E-state index < -0.39 is 0 Å². The van der Waals surface area contributed by atoms with Gasteiger partial charge in [-0.05, 0) is 71.2 Å². The van der Waals surface area contributed by atoms with Crippen molar-refractivity contribution in [3.8, 4) is 11.3 Å². The van der Waals surface area contributed by atoms with E-state index in [-0.39, 0.29) is 47.9 Å². The number of thiophene rings is 3. The SMILES string of the molecule is CCC(C)(CC)C(=O)/C=C(\O)C(C)(CC)CC.Cc1csc2ccc3c4ncnc(-c5[c-]c6ccsc6c(C(C)(C)C)c5)c4sc3c12.[Ir]. The first-order valence-electron chi connectivity index (χ1n) is 16.6. The van der Waals surface area contributed by atoms with Crippen LogP contribution in [0.15, 0.2) is 53.2 Å². The van der Waals surface area contributed by atoms with Crippen LogP contribution in [0.1, 0.15) is 99.1 Å². The molecule has 0 aliphatic rings. The maximum atomic E-state index is 12.2. The van der Waals surface area contributed by atoms with Crippen LogP contribution in [-0.2, 0) is 30.3 Å². The van der Waals surface area contributed by atoms with Crippen molar-refractivity contribution in [3.05, 3.63) is 70.4 Å². The minimum absolute atomic E-state index is 0. The van der Waals surface area contributed by atoms with Crippen molar-refractivity contribution in [2.24, 2.45) is 10.8 Å². The number of allylic oxidation sites excluding steroid dienone is 2. The minimum Gasteiger partial charge on any atom is -0.512 e. The molecular formula is C40H47IrN2O2S3-. The maximum Gasteiger partial charge on any atom is 0.164 e. The third kappa shape index (κ3) is 7.07. The zero-order valence-corrected chi connectivity index (χ0v) is 34.6. The molecule has 0 bridgehead atoms.